The molecule has 8 heteroatoms. The van der Waals surface area contributed by atoms with Gasteiger partial charge in [-0.1, -0.05) is 26.0 Å². The van der Waals surface area contributed by atoms with Crippen molar-refractivity contribution in [2.24, 2.45) is 17.8 Å². The maximum atomic E-state index is 13.8. The highest BCUT2D eigenvalue weighted by atomic mass is 32.2. The van der Waals surface area contributed by atoms with Gasteiger partial charge in [0, 0.05) is 30.6 Å². The lowest BCUT2D eigenvalue weighted by molar-refractivity contribution is -0.139. The molecule has 33 heavy (non-hydrogen) atoms. The zero-order chi connectivity index (χ0) is 23.9. The molecule has 2 bridgehead atoms. The summed E-state index contributed by atoms with van der Waals surface area (Å²) in [7, 11) is 0. The van der Waals surface area contributed by atoms with Crippen molar-refractivity contribution in [2.45, 2.75) is 63.0 Å². The molecule has 3 aliphatic rings. The molecule has 0 radical (unpaired) electrons. The van der Waals surface area contributed by atoms with Crippen molar-refractivity contribution in [1.82, 2.24) is 10.2 Å². The van der Waals surface area contributed by atoms with Gasteiger partial charge in [-0.05, 0) is 56.2 Å². The molecule has 3 saturated heterocycles. The summed E-state index contributed by atoms with van der Waals surface area (Å²) >= 11 is 1.68. The van der Waals surface area contributed by atoms with Gasteiger partial charge in [-0.25, -0.2) is 0 Å². The first-order chi connectivity index (χ1) is 15.8. The van der Waals surface area contributed by atoms with Crippen molar-refractivity contribution in [2.75, 3.05) is 25.0 Å². The molecule has 3 aliphatic heterocycles. The van der Waals surface area contributed by atoms with Crippen molar-refractivity contribution < 1.29 is 19.5 Å². The largest absolute Gasteiger partial charge is 0.396 e. The number of aliphatic hydroxyl groups excluding tert-OH is 1. The van der Waals surface area contributed by atoms with Crippen molar-refractivity contribution >= 4 is 35.2 Å². The molecule has 6 atom stereocenters. The van der Waals surface area contributed by atoms with E-state index >= 15 is 0 Å². The average molecular weight is 474 g/mol. The Balaban J connectivity index is 1.71. The molecule has 0 saturated carbocycles. The average Bonchev–Trinajstić information content (AvgIpc) is 3.36. The molecule has 3 heterocycles. The van der Waals surface area contributed by atoms with Crippen LogP contribution in [0.15, 0.2) is 18.2 Å². The summed E-state index contributed by atoms with van der Waals surface area (Å²) in [6, 6.07) is 5.25. The second-order valence-corrected chi connectivity index (χ2v) is 11.3. The van der Waals surface area contributed by atoms with Gasteiger partial charge in [0.1, 0.15) is 6.04 Å². The molecular weight excluding hydrogens is 438 g/mol. The van der Waals surface area contributed by atoms with Crippen molar-refractivity contribution in [1.29, 1.82) is 0 Å². The van der Waals surface area contributed by atoms with Crippen LogP contribution in [0.25, 0.3) is 0 Å². The number of hydrogen-bond acceptors (Lipinski definition) is 5. The molecule has 7 nitrogen and oxygen atoms in total. The quantitative estimate of drug-likeness (QED) is 0.539. The minimum absolute atomic E-state index is 0.0433. The second-order valence-electron chi connectivity index (χ2n) is 9.76. The lowest BCUT2D eigenvalue weighted by atomic mass is 9.66. The normalized spacial score (nSPS) is 32.2. The SMILES string of the molecule is CCCNC(=O)[C@@H]1[C@@H]2CC(C)C3(S2)C(C(=O)Nc2cc(C)ccc2C)N(CCCO)C(=O)[C@H]13. The zero-order valence-corrected chi connectivity index (χ0v) is 20.7. The number of aryl methyl sites for hydroxylation is 2. The highest BCUT2D eigenvalue weighted by molar-refractivity contribution is 8.02. The molecule has 3 unspecified atom stereocenters. The number of rotatable bonds is 8. The monoisotopic (exact) mass is 473 g/mol. The van der Waals surface area contributed by atoms with Crippen LogP contribution in [0.3, 0.4) is 0 Å². The van der Waals surface area contributed by atoms with Crippen LogP contribution in [-0.4, -0.2) is 63.5 Å². The number of carbonyl (C=O) groups is 3. The van der Waals surface area contributed by atoms with E-state index in [0.29, 0.717) is 19.5 Å². The molecule has 0 aliphatic carbocycles. The number of hydrogen-bond donors (Lipinski definition) is 3. The van der Waals surface area contributed by atoms with Gasteiger partial charge in [0.15, 0.2) is 0 Å². The summed E-state index contributed by atoms with van der Waals surface area (Å²) in [4.78, 5) is 42.4. The lowest BCUT2D eigenvalue weighted by Crippen LogP contribution is -2.55. The van der Waals surface area contributed by atoms with Crippen molar-refractivity contribution in [3.63, 3.8) is 0 Å². The number of thioether (sulfide) groups is 1. The number of nitrogens with one attached hydrogen (secondary N) is 2. The number of carbonyl (C=O) groups excluding carboxylic acids is 3. The molecule has 3 amide bonds. The topological polar surface area (TPSA) is 98.7 Å². The number of benzene rings is 1. The number of amides is 3. The molecule has 1 aromatic rings. The Morgan fingerprint density at radius 2 is 2.03 bits per heavy atom. The first kappa shape index (κ1) is 24.1. The Bertz CT molecular complexity index is 954. The van der Waals surface area contributed by atoms with Gasteiger partial charge in [-0.2, -0.15) is 0 Å². The summed E-state index contributed by atoms with van der Waals surface area (Å²) in [5, 5.41) is 15.6. The molecule has 180 valence electrons. The first-order valence-electron chi connectivity index (χ1n) is 12.0. The third-order valence-electron chi connectivity index (χ3n) is 7.55. The summed E-state index contributed by atoms with van der Waals surface area (Å²) in [6.07, 6.45) is 2.05. The molecule has 4 rings (SSSR count). The molecular formula is C25H35N3O4S. The molecule has 1 aromatic carbocycles. The van der Waals surface area contributed by atoms with Crippen LogP contribution in [0.2, 0.25) is 0 Å². The minimum atomic E-state index is -0.671. The van der Waals surface area contributed by atoms with Gasteiger partial charge in [0.2, 0.25) is 17.7 Å². The summed E-state index contributed by atoms with van der Waals surface area (Å²) in [6.45, 7) is 8.88. The summed E-state index contributed by atoms with van der Waals surface area (Å²) in [5.74, 6) is -1.19. The number of fused-ring (bicyclic) bond motifs is 1. The standard InChI is InChI=1S/C25H35N3O4S/c1-5-9-26-22(30)19-18-13-16(4)25(33-18)20(19)24(32)28(10-6-11-29)21(25)23(31)27-17-12-14(2)7-8-15(17)3/h7-8,12,16,18-21,29H,5-6,9-11,13H2,1-4H3,(H,26,30)(H,27,31)/t16?,18-,19+,20-,21?,25?/m0/s1. The zero-order valence-electron chi connectivity index (χ0n) is 19.9. The maximum absolute atomic E-state index is 13.8. The van der Waals surface area contributed by atoms with E-state index in [9.17, 15) is 19.5 Å². The van der Waals surface area contributed by atoms with Gasteiger partial charge in [-0.15, -0.1) is 11.8 Å². The lowest BCUT2D eigenvalue weighted by Gasteiger charge is -2.38. The Kier molecular flexibility index (Phi) is 6.78. The number of likely N-dealkylation sites (tertiary alicyclic amines) is 1. The van der Waals surface area contributed by atoms with E-state index in [0.717, 1.165) is 29.7 Å². The highest BCUT2D eigenvalue weighted by Crippen LogP contribution is 2.68. The van der Waals surface area contributed by atoms with Crippen LogP contribution >= 0.6 is 11.8 Å². The third-order valence-corrected chi connectivity index (χ3v) is 9.63. The van der Waals surface area contributed by atoms with Crippen LogP contribution in [0.4, 0.5) is 5.69 Å². The highest BCUT2D eigenvalue weighted by Gasteiger charge is 2.75. The minimum Gasteiger partial charge on any atom is -0.396 e. The molecule has 3 fully saturated rings. The van der Waals surface area contributed by atoms with Crippen LogP contribution < -0.4 is 10.6 Å². The van der Waals surface area contributed by atoms with Crippen molar-refractivity contribution in [3.8, 4) is 0 Å². The number of nitrogens with zero attached hydrogens (tertiary/aromatic N) is 1. The van der Waals surface area contributed by atoms with E-state index in [1.165, 1.54) is 0 Å². The molecule has 3 N–H and O–H groups in total. The van der Waals surface area contributed by atoms with Crippen LogP contribution in [0.1, 0.15) is 44.2 Å². The molecule has 1 spiro atoms. The van der Waals surface area contributed by atoms with E-state index < -0.39 is 22.6 Å². The Morgan fingerprint density at radius 1 is 1.27 bits per heavy atom. The fourth-order valence-electron chi connectivity index (χ4n) is 6.04. The van der Waals surface area contributed by atoms with Crippen LogP contribution in [-0.2, 0) is 14.4 Å². The van der Waals surface area contributed by atoms with E-state index in [1.807, 2.05) is 39.0 Å². The van der Waals surface area contributed by atoms with Crippen molar-refractivity contribution in [3.05, 3.63) is 29.3 Å². The predicted octanol–water partition coefficient (Wildman–Crippen LogP) is 2.49. The van der Waals surface area contributed by atoms with E-state index in [4.69, 9.17) is 0 Å². The van der Waals surface area contributed by atoms with Gasteiger partial charge < -0.3 is 20.6 Å². The summed E-state index contributed by atoms with van der Waals surface area (Å²) in [5.41, 5.74) is 2.75. The first-order valence-corrected chi connectivity index (χ1v) is 12.9. The van der Waals surface area contributed by atoms with Gasteiger partial charge in [-0.3, -0.25) is 14.4 Å². The molecule has 0 aromatic heterocycles. The summed E-state index contributed by atoms with van der Waals surface area (Å²) < 4.78 is -0.632. The Hall–Kier alpha value is -2.06. The van der Waals surface area contributed by atoms with Gasteiger partial charge in [0.25, 0.3) is 0 Å². The van der Waals surface area contributed by atoms with E-state index in [1.54, 1.807) is 16.7 Å². The van der Waals surface area contributed by atoms with E-state index in [-0.39, 0.29) is 35.5 Å². The fraction of sp³-hybridized carbons (Fsp3) is 0.640. The van der Waals surface area contributed by atoms with E-state index in [2.05, 4.69) is 17.6 Å². The van der Waals surface area contributed by atoms with Crippen LogP contribution in [0, 0.1) is 31.6 Å². The third kappa shape index (κ3) is 3.85. The van der Waals surface area contributed by atoms with Gasteiger partial charge >= 0.3 is 0 Å². The van der Waals surface area contributed by atoms with Gasteiger partial charge in [0.05, 0.1) is 16.6 Å². The number of aliphatic hydroxyl groups is 1. The predicted molar refractivity (Wildman–Crippen MR) is 130 cm³/mol. The van der Waals surface area contributed by atoms with Crippen LogP contribution in [0.5, 0.6) is 0 Å². The Labute approximate surface area is 200 Å². The maximum Gasteiger partial charge on any atom is 0.248 e. The second kappa shape index (κ2) is 9.29. The fourth-order valence-corrected chi connectivity index (χ4v) is 8.46. The Morgan fingerprint density at radius 3 is 2.73 bits per heavy atom. The smallest absolute Gasteiger partial charge is 0.248 e. The number of anilines is 1.